The maximum atomic E-state index is 13.2. The molecule has 2 aromatic rings. The van der Waals surface area contributed by atoms with E-state index in [-0.39, 0.29) is 5.91 Å². The van der Waals surface area contributed by atoms with Crippen LogP contribution in [0.5, 0.6) is 11.5 Å². The first-order valence-corrected chi connectivity index (χ1v) is 8.58. The molecule has 0 aromatic heterocycles. The average molecular weight is 376 g/mol. The van der Waals surface area contributed by atoms with Gasteiger partial charge in [-0.25, -0.2) is 0 Å². The van der Waals surface area contributed by atoms with Gasteiger partial charge in [0.2, 0.25) is 0 Å². The largest absolute Gasteiger partial charge is 0.493 e. The van der Waals surface area contributed by atoms with Gasteiger partial charge in [0, 0.05) is 5.56 Å². The van der Waals surface area contributed by atoms with Crippen molar-refractivity contribution < 1.29 is 23.7 Å². The zero-order chi connectivity index (χ0) is 18.3. The molecule has 7 heteroatoms. The summed E-state index contributed by atoms with van der Waals surface area (Å²) < 4.78 is 22.1. The van der Waals surface area contributed by atoms with Crippen LogP contribution in [0.1, 0.15) is 11.1 Å². The van der Waals surface area contributed by atoms with Crippen molar-refractivity contribution in [2.75, 3.05) is 32.3 Å². The molecule has 1 spiro atoms. The number of carbonyl (C=O) groups is 1. The van der Waals surface area contributed by atoms with Gasteiger partial charge in [0.05, 0.1) is 44.7 Å². The number of methoxy groups -OCH3 is 2. The number of benzene rings is 2. The Hall–Kier alpha value is -2.28. The Bertz CT molecular complexity index is 863. The first-order chi connectivity index (χ1) is 12.6. The molecule has 2 aliphatic rings. The predicted octanol–water partition coefficient (Wildman–Crippen LogP) is 3.10. The standard InChI is InChI=1S/C19H18ClNO5/c1-23-15-7-6-12(10-16(15)24-2)11-21-17-13(4-3-5-14(17)20)19(18(21)22)25-8-9-26-19/h3-7,10H,8-9,11H2,1-2H3. The number of hydrogen-bond donors (Lipinski definition) is 0. The summed E-state index contributed by atoms with van der Waals surface area (Å²) in [5.74, 6) is -0.440. The monoisotopic (exact) mass is 375 g/mol. The Labute approximate surface area is 156 Å². The second kappa shape index (κ2) is 6.46. The lowest BCUT2D eigenvalue weighted by molar-refractivity contribution is -0.180. The Balaban J connectivity index is 1.75. The number of halogens is 1. The lowest BCUT2D eigenvalue weighted by atomic mass is 10.1. The molecule has 2 heterocycles. The summed E-state index contributed by atoms with van der Waals surface area (Å²) >= 11 is 6.41. The van der Waals surface area contributed by atoms with Gasteiger partial charge in [-0.15, -0.1) is 0 Å². The first kappa shape index (κ1) is 17.1. The second-order valence-electron chi connectivity index (χ2n) is 6.03. The van der Waals surface area contributed by atoms with Crippen molar-refractivity contribution >= 4 is 23.2 Å². The Morgan fingerprint density at radius 2 is 1.85 bits per heavy atom. The molecule has 0 aliphatic carbocycles. The smallest absolute Gasteiger partial charge is 0.292 e. The molecule has 2 aromatic carbocycles. The van der Waals surface area contributed by atoms with Gasteiger partial charge in [0.1, 0.15) is 0 Å². The molecular formula is C19H18ClNO5. The van der Waals surface area contributed by atoms with Crippen LogP contribution in [0.2, 0.25) is 5.02 Å². The number of carbonyl (C=O) groups excluding carboxylic acids is 1. The van der Waals surface area contributed by atoms with Crippen LogP contribution in [0.4, 0.5) is 5.69 Å². The van der Waals surface area contributed by atoms with E-state index < -0.39 is 5.79 Å². The molecular weight excluding hydrogens is 358 g/mol. The summed E-state index contributed by atoms with van der Waals surface area (Å²) in [7, 11) is 3.15. The topological polar surface area (TPSA) is 57.2 Å². The number of anilines is 1. The fourth-order valence-corrected chi connectivity index (χ4v) is 3.73. The van der Waals surface area contributed by atoms with Crippen molar-refractivity contribution in [1.82, 2.24) is 0 Å². The van der Waals surface area contributed by atoms with E-state index in [1.165, 1.54) is 0 Å². The average Bonchev–Trinajstić information content (AvgIpc) is 3.23. The highest BCUT2D eigenvalue weighted by Gasteiger charge is 2.56. The van der Waals surface area contributed by atoms with Gasteiger partial charge in [0.25, 0.3) is 11.7 Å². The molecule has 0 bridgehead atoms. The van der Waals surface area contributed by atoms with Crippen molar-refractivity contribution in [1.29, 1.82) is 0 Å². The van der Waals surface area contributed by atoms with Crippen LogP contribution in [0.25, 0.3) is 0 Å². The SMILES string of the molecule is COc1ccc(CN2C(=O)C3(OCCO3)c3cccc(Cl)c32)cc1OC. The van der Waals surface area contributed by atoms with E-state index in [9.17, 15) is 4.79 Å². The number of nitrogens with zero attached hydrogens (tertiary/aromatic N) is 1. The van der Waals surface area contributed by atoms with E-state index >= 15 is 0 Å². The van der Waals surface area contributed by atoms with Crippen molar-refractivity contribution in [3.05, 3.63) is 52.5 Å². The van der Waals surface area contributed by atoms with E-state index in [0.717, 1.165) is 5.56 Å². The minimum atomic E-state index is -1.39. The van der Waals surface area contributed by atoms with Gasteiger partial charge in [-0.05, 0) is 23.8 Å². The van der Waals surface area contributed by atoms with Crippen LogP contribution in [-0.2, 0) is 26.6 Å². The molecule has 1 fully saturated rings. The molecule has 0 unspecified atom stereocenters. The number of amides is 1. The molecule has 1 saturated heterocycles. The minimum absolute atomic E-state index is 0.270. The summed E-state index contributed by atoms with van der Waals surface area (Å²) in [5.41, 5.74) is 2.14. The molecule has 1 amide bonds. The first-order valence-electron chi connectivity index (χ1n) is 8.20. The van der Waals surface area contributed by atoms with Crippen LogP contribution >= 0.6 is 11.6 Å². The van der Waals surface area contributed by atoms with Crippen LogP contribution in [0.15, 0.2) is 36.4 Å². The van der Waals surface area contributed by atoms with Crippen molar-refractivity contribution in [2.24, 2.45) is 0 Å². The van der Waals surface area contributed by atoms with Gasteiger partial charge in [-0.3, -0.25) is 4.79 Å². The number of hydrogen-bond acceptors (Lipinski definition) is 5. The minimum Gasteiger partial charge on any atom is -0.493 e. The molecule has 6 nitrogen and oxygen atoms in total. The summed E-state index contributed by atoms with van der Waals surface area (Å²) in [4.78, 5) is 14.8. The fourth-order valence-electron chi connectivity index (χ4n) is 3.45. The third-order valence-corrected chi connectivity index (χ3v) is 4.93. The van der Waals surface area contributed by atoms with Crippen LogP contribution < -0.4 is 14.4 Å². The van der Waals surface area contributed by atoms with Gasteiger partial charge in [-0.2, -0.15) is 0 Å². The van der Waals surface area contributed by atoms with Gasteiger partial charge >= 0.3 is 0 Å². The van der Waals surface area contributed by atoms with E-state index in [1.54, 1.807) is 37.3 Å². The Kier molecular flexibility index (Phi) is 4.26. The second-order valence-corrected chi connectivity index (χ2v) is 6.44. The van der Waals surface area contributed by atoms with E-state index in [1.807, 2.05) is 18.2 Å². The normalized spacial score (nSPS) is 17.7. The van der Waals surface area contributed by atoms with Gasteiger partial charge in [-0.1, -0.05) is 29.8 Å². The number of fused-ring (bicyclic) bond motifs is 2. The van der Waals surface area contributed by atoms with Gasteiger partial charge in [0.15, 0.2) is 11.5 Å². The molecule has 0 N–H and O–H groups in total. The Morgan fingerprint density at radius 3 is 2.54 bits per heavy atom. The van der Waals surface area contributed by atoms with Crippen molar-refractivity contribution in [3.63, 3.8) is 0 Å². The zero-order valence-corrected chi connectivity index (χ0v) is 15.2. The molecule has 136 valence electrons. The third-order valence-electron chi connectivity index (χ3n) is 4.62. The van der Waals surface area contributed by atoms with Crippen LogP contribution in [-0.4, -0.2) is 33.3 Å². The summed E-state index contributed by atoms with van der Waals surface area (Å²) in [6, 6.07) is 10.9. The number of para-hydroxylation sites is 1. The maximum Gasteiger partial charge on any atom is 0.292 e. The van der Waals surface area contributed by atoms with E-state index in [2.05, 4.69) is 0 Å². The highest BCUT2D eigenvalue weighted by molar-refractivity contribution is 6.35. The quantitative estimate of drug-likeness (QED) is 0.821. The van der Waals surface area contributed by atoms with Crippen LogP contribution in [0, 0.1) is 0 Å². The zero-order valence-electron chi connectivity index (χ0n) is 14.5. The highest BCUT2D eigenvalue weighted by atomic mass is 35.5. The van der Waals surface area contributed by atoms with Crippen molar-refractivity contribution in [2.45, 2.75) is 12.3 Å². The van der Waals surface area contributed by atoms with E-state index in [0.29, 0.717) is 47.5 Å². The predicted molar refractivity (Wildman–Crippen MR) is 95.8 cm³/mol. The molecule has 0 saturated carbocycles. The summed E-state index contributed by atoms with van der Waals surface area (Å²) in [6.45, 7) is 1.04. The molecule has 4 rings (SSSR count). The highest BCUT2D eigenvalue weighted by Crippen LogP contribution is 2.49. The van der Waals surface area contributed by atoms with Gasteiger partial charge < -0.3 is 23.8 Å². The number of ether oxygens (including phenoxy) is 4. The maximum absolute atomic E-state index is 13.2. The molecule has 26 heavy (non-hydrogen) atoms. The summed E-state index contributed by atoms with van der Waals surface area (Å²) in [6.07, 6.45) is 0. The Morgan fingerprint density at radius 1 is 1.12 bits per heavy atom. The van der Waals surface area contributed by atoms with Crippen LogP contribution in [0.3, 0.4) is 0 Å². The molecule has 2 aliphatic heterocycles. The molecule has 0 atom stereocenters. The third kappa shape index (κ3) is 2.45. The fraction of sp³-hybridized carbons (Fsp3) is 0.316. The lowest BCUT2D eigenvalue weighted by Crippen LogP contribution is -2.40. The van der Waals surface area contributed by atoms with Crippen molar-refractivity contribution in [3.8, 4) is 11.5 Å². The van der Waals surface area contributed by atoms with E-state index in [4.69, 9.17) is 30.5 Å². The molecule has 0 radical (unpaired) electrons. The lowest BCUT2D eigenvalue weighted by Gasteiger charge is -2.22. The number of rotatable bonds is 4. The summed E-state index contributed by atoms with van der Waals surface area (Å²) in [5, 5.41) is 0.479.